The molecule has 1 saturated carbocycles. The minimum absolute atomic E-state index is 0.147. The molecule has 2 aliphatic rings. The van der Waals surface area contributed by atoms with Crippen molar-refractivity contribution in [1.29, 1.82) is 0 Å². The van der Waals surface area contributed by atoms with Crippen LogP contribution in [-0.2, 0) is 9.53 Å². The van der Waals surface area contributed by atoms with Crippen LogP contribution >= 0.6 is 0 Å². The number of primary amides is 1. The Morgan fingerprint density at radius 1 is 1.15 bits per heavy atom. The number of carbonyl (C=O) groups is 3. The minimum Gasteiger partial charge on any atom is -0.367 e. The highest BCUT2D eigenvalue weighted by atomic mass is 16.5. The van der Waals surface area contributed by atoms with E-state index in [0.717, 1.165) is 0 Å². The Balaban J connectivity index is 1.67. The molecule has 26 heavy (non-hydrogen) atoms. The molecule has 6 nitrogen and oxygen atoms in total. The molecule has 0 unspecified atom stereocenters. The minimum atomic E-state index is -0.962. The van der Waals surface area contributed by atoms with Crippen LogP contribution in [0.2, 0.25) is 0 Å². The third-order valence-corrected chi connectivity index (χ3v) is 5.18. The highest BCUT2D eigenvalue weighted by Gasteiger charge is 2.45. The molecular formula is C20H26N2O4. The van der Waals surface area contributed by atoms with E-state index in [2.05, 4.69) is 0 Å². The fourth-order valence-corrected chi connectivity index (χ4v) is 3.97. The average molecular weight is 358 g/mol. The zero-order valence-electron chi connectivity index (χ0n) is 15.6. The first-order valence-electron chi connectivity index (χ1n) is 9.08. The second-order valence-corrected chi connectivity index (χ2v) is 8.28. The summed E-state index contributed by atoms with van der Waals surface area (Å²) in [6, 6.07) is 6.90. The van der Waals surface area contributed by atoms with Gasteiger partial charge in [-0.25, -0.2) is 0 Å². The van der Waals surface area contributed by atoms with Gasteiger partial charge in [0, 0.05) is 6.54 Å². The highest BCUT2D eigenvalue weighted by Crippen LogP contribution is 2.38. The van der Waals surface area contributed by atoms with Gasteiger partial charge in [-0.3, -0.25) is 19.3 Å². The number of nitrogens with zero attached hydrogens (tertiary/aromatic N) is 1. The van der Waals surface area contributed by atoms with E-state index in [4.69, 9.17) is 10.5 Å². The molecule has 1 aromatic rings. The van der Waals surface area contributed by atoms with Crippen molar-refractivity contribution in [2.24, 2.45) is 11.7 Å². The first kappa shape index (κ1) is 18.6. The molecule has 6 heteroatoms. The van der Waals surface area contributed by atoms with Crippen LogP contribution in [0.15, 0.2) is 24.3 Å². The molecule has 1 heterocycles. The standard InChI is InChI=1S/C20H26N2O4/c1-19(2,3)26-20(18(21)25)10-8-13(9-11-20)12-22-16(23)14-6-4-5-7-15(14)17(22)24/h4-7,13H,8-12H2,1-3H3,(H2,21,25). The molecule has 0 radical (unpaired) electrons. The number of rotatable bonds is 4. The predicted molar refractivity (Wildman–Crippen MR) is 96.5 cm³/mol. The van der Waals surface area contributed by atoms with E-state index in [1.165, 1.54) is 4.90 Å². The summed E-state index contributed by atoms with van der Waals surface area (Å²) in [6.45, 7) is 6.09. The molecule has 1 fully saturated rings. The fourth-order valence-electron chi connectivity index (χ4n) is 3.97. The van der Waals surface area contributed by atoms with Crippen LogP contribution in [0.25, 0.3) is 0 Å². The van der Waals surface area contributed by atoms with Crippen LogP contribution in [-0.4, -0.2) is 40.4 Å². The highest BCUT2D eigenvalue weighted by molar-refractivity contribution is 6.21. The third-order valence-electron chi connectivity index (χ3n) is 5.18. The van der Waals surface area contributed by atoms with Crippen LogP contribution in [0.1, 0.15) is 67.2 Å². The van der Waals surface area contributed by atoms with Crippen molar-refractivity contribution < 1.29 is 19.1 Å². The molecule has 0 spiro atoms. The van der Waals surface area contributed by atoms with E-state index in [9.17, 15) is 14.4 Å². The maximum Gasteiger partial charge on any atom is 0.261 e. The first-order valence-corrected chi connectivity index (χ1v) is 9.08. The lowest BCUT2D eigenvalue weighted by atomic mass is 9.77. The molecule has 0 saturated heterocycles. The van der Waals surface area contributed by atoms with Crippen molar-refractivity contribution in [3.8, 4) is 0 Å². The summed E-state index contributed by atoms with van der Waals surface area (Å²) in [5, 5.41) is 0. The lowest BCUT2D eigenvalue weighted by Gasteiger charge is -2.42. The number of ether oxygens (including phenoxy) is 1. The molecule has 3 amide bonds. The van der Waals surface area contributed by atoms with Gasteiger partial charge in [0.15, 0.2) is 0 Å². The van der Waals surface area contributed by atoms with Gasteiger partial charge >= 0.3 is 0 Å². The quantitative estimate of drug-likeness (QED) is 0.838. The smallest absolute Gasteiger partial charge is 0.261 e. The van der Waals surface area contributed by atoms with Gasteiger partial charge in [0.2, 0.25) is 5.91 Å². The Bertz CT molecular complexity index is 707. The number of amides is 3. The normalized spacial score (nSPS) is 26.1. The largest absolute Gasteiger partial charge is 0.367 e. The van der Waals surface area contributed by atoms with E-state index in [1.54, 1.807) is 24.3 Å². The lowest BCUT2D eigenvalue weighted by molar-refractivity contribution is -0.174. The molecule has 0 atom stereocenters. The summed E-state index contributed by atoms with van der Waals surface area (Å²) in [5.74, 6) is -0.758. The van der Waals surface area contributed by atoms with Crippen molar-refractivity contribution >= 4 is 17.7 Å². The number of fused-ring (bicyclic) bond motifs is 1. The Morgan fingerprint density at radius 2 is 1.65 bits per heavy atom. The molecule has 1 aliphatic heterocycles. The third kappa shape index (κ3) is 3.38. The van der Waals surface area contributed by atoms with Gasteiger partial charge in [0.25, 0.3) is 11.8 Å². The van der Waals surface area contributed by atoms with Gasteiger partial charge in [0.1, 0.15) is 5.60 Å². The van der Waals surface area contributed by atoms with E-state index in [0.29, 0.717) is 43.4 Å². The van der Waals surface area contributed by atoms with Crippen LogP contribution in [0.5, 0.6) is 0 Å². The van der Waals surface area contributed by atoms with Crippen molar-refractivity contribution in [3.63, 3.8) is 0 Å². The van der Waals surface area contributed by atoms with Gasteiger partial charge in [-0.05, 0) is 64.5 Å². The Kier molecular flexibility index (Phi) is 4.65. The maximum absolute atomic E-state index is 12.5. The molecule has 1 aromatic carbocycles. The van der Waals surface area contributed by atoms with E-state index < -0.39 is 17.1 Å². The Morgan fingerprint density at radius 3 is 2.08 bits per heavy atom. The van der Waals surface area contributed by atoms with Gasteiger partial charge < -0.3 is 10.5 Å². The zero-order chi connectivity index (χ0) is 19.1. The number of nitrogens with two attached hydrogens (primary N) is 1. The van der Waals surface area contributed by atoms with E-state index in [1.807, 2.05) is 20.8 Å². The number of benzene rings is 1. The van der Waals surface area contributed by atoms with Gasteiger partial charge in [-0.1, -0.05) is 12.1 Å². The Labute approximate surface area is 153 Å². The lowest BCUT2D eigenvalue weighted by Crippen LogP contribution is -2.53. The first-order chi connectivity index (χ1) is 12.1. The summed E-state index contributed by atoms with van der Waals surface area (Å²) in [4.78, 5) is 38.4. The summed E-state index contributed by atoms with van der Waals surface area (Å²) in [7, 11) is 0. The Hall–Kier alpha value is -2.21. The fraction of sp³-hybridized carbons (Fsp3) is 0.550. The van der Waals surface area contributed by atoms with E-state index in [-0.39, 0.29) is 17.7 Å². The summed E-state index contributed by atoms with van der Waals surface area (Å²) in [5.41, 5.74) is 5.14. The van der Waals surface area contributed by atoms with Crippen LogP contribution in [0.3, 0.4) is 0 Å². The number of hydrogen-bond acceptors (Lipinski definition) is 4. The van der Waals surface area contributed by atoms with Crippen LogP contribution < -0.4 is 5.73 Å². The van der Waals surface area contributed by atoms with Crippen molar-refractivity contribution in [1.82, 2.24) is 4.90 Å². The van der Waals surface area contributed by atoms with Gasteiger partial charge in [-0.15, -0.1) is 0 Å². The SMILES string of the molecule is CC(C)(C)OC1(C(N)=O)CCC(CN2C(=O)c3ccccc3C2=O)CC1. The number of carbonyl (C=O) groups excluding carboxylic acids is 3. The summed E-state index contributed by atoms with van der Waals surface area (Å²) in [6.07, 6.45) is 2.39. The average Bonchev–Trinajstić information content (AvgIpc) is 2.80. The van der Waals surface area contributed by atoms with Crippen molar-refractivity contribution in [2.75, 3.05) is 6.54 Å². The van der Waals surface area contributed by atoms with Crippen LogP contribution in [0.4, 0.5) is 0 Å². The predicted octanol–water partition coefficient (Wildman–Crippen LogP) is 2.51. The monoisotopic (exact) mass is 358 g/mol. The molecular weight excluding hydrogens is 332 g/mol. The zero-order valence-corrected chi connectivity index (χ0v) is 15.6. The van der Waals surface area contributed by atoms with Crippen molar-refractivity contribution in [3.05, 3.63) is 35.4 Å². The molecule has 1 aliphatic carbocycles. The van der Waals surface area contributed by atoms with Gasteiger partial charge in [-0.2, -0.15) is 0 Å². The molecule has 140 valence electrons. The van der Waals surface area contributed by atoms with Gasteiger partial charge in [0.05, 0.1) is 16.7 Å². The number of imide groups is 1. The molecule has 2 N–H and O–H groups in total. The summed E-state index contributed by atoms with van der Waals surface area (Å²) >= 11 is 0. The molecule has 0 aromatic heterocycles. The van der Waals surface area contributed by atoms with Crippen molar-refractivity contribution in [2.45, 2.75) is 57.7 Å². The summed E-state index contributed by atoms with van der Waals surface area (Å²) < 4.78 is 6.02. The maximum atomic E-state index is 12.5. The van der Waals surface area contributed by atoms with Crippen LogP contribution in [0, 0.1) is 5.92 Å². The molecule has 0 bridgehead atoms. The topological polar surface area (TPSA) is 89.7 Å². The molecule has 3 rings (SSSR count). The second kappa shape index (κ2) is 6.50. The second-order valence-electron chi connectivity index (χ2n) is 8.28. The van der Waals surface area contributed by atoms with E-state index >= 15 is 0 Å². The number of hydrogen-bond donors (Lipinski definition) is 1.